The zero-order chi connectivity index (χ0) is 47.4. The van der Waals surface area contributed by atoms with Crippen LogP contribution in [-0.4, -0.2) is 135 Å². The Labute approximate surface area is 358 Å². The van der Waals surface area contributed by atoms with Crippen LogP contribution in [0.5, 0.6) is 0 Å². The van der Waals surface area contributed by atoms with Crippen LogP contribution in [0.15, 0.2) is 29.7 Å². The minimum atomic E-state index is -5.32. The van der Waals surface area contributed by atoms with Crippen molar-refractivity contribution in [2.75, 3.05) is 31.2 Å². The minimum Gasteiger partial charge on any atom is -0.455 e. The predicted molar refractivity (Wildman–Crippen MR) is 206 cm³/mol. The molecular formula is C32H45F3N10O17P2. The van der Waals surface area contributed by atoms with Gasteiger partial charge in [-0.3, -0.25) is 27.5 Å². The van der Waals surface area contributed by atoms with Gasteiger partial charge in [-0.1, -0.05) is 0 Å². The van der Waals surface area contributed by atoms with E-state index < -0.39 is 126 Å². The number of nitrogens with zero attached hydrogens (tertiary/aromatic N) is 6. The lowest BCUT2D eigenvalue weighted by atomic mass is 10.1. The van der Waals surface area contributed by atoms with Crippen LogP contribution in [0.2, 0.25) is 0 Å². The number of imidazole rings is 1. The number of anilines is 2. The number of rotatable bonds is 18. The highest BCUT2D eigenvalue weighted by atomic mass is 31.2. The molecule has 0 radical (unpaired) electrons. The van der Waals surface area contributed by atoms with Crippen molar-refractivity contribution in [2.45, 2.75) is 107 Å². The van der Waals surface area contributed by atoms with E-state index in [9.17, 15) is 61.3 Å². The van der Waals surface area contributed by atoms with Crippen molar-refractivity contribution in [3.05, 3.63) is 35.4 Å². The van der Waals surface area contributed by atoms with Crippen molar-refractivity contribution in [2.24, 2.45) is 0 Å². The van der Waals surface area contributed by atoms with Crippen LogP contribution < -0.4 is 27.8 Å². The molecule has 0 spiro atoms. The number of esters is 1. The van der Waals surface area contributed by atoms with Crippen molar-refractivity contribution in [1.29, 1.82) is 0 Å². The highest BCUT2D eigenvalue weighted by molar-refractivity contribution is 7.47. The number of aliphatic hydroxyl groups excluding tert-OH is 1. The maximum absolute atomic E-state index is 13.8. The summed E-state index contributed by atoms with van der Waals surface area (Å²) in [4.78, 5) is 95.4. The third-order valence-electron chi connectivity index (χ3n) is 9.08. The summed E-state index contributed by atoms with van der Waals surface area (Å²) in [6.45, 7) is 2.20. The van der Waals surface area contributed by atoms with Crippen LogP contribution in [0.1, 0.15) is 58.9 Å². The Hall–Kier alpha value is -4.87. The number of alkyl carbamates (subject to hydrolysis) is 1. The first-order valence-electron chi connectivity index (χ1n) is 18.9. The predicted octanol–water partition coefficient (Wildman–Crippen LogP) is 0.0588. The lowest BCUT2D eigenvalue weighted by Gasteiger charge is -2.26. The van der Waals surface area contributed by atoms with E-state index in [-0.39, 0.29) is 42.1 Å². The van der Waals surface area contributed by atoms with Gasteiger partial charge >= 0.3 is 45.5 Å². The van der Waals surface area contributed by atoms with Crippen LogP contribution in [0, 0.1) is 0 Å². The molecule has 3 aromatic rings. The van der Waals surface area contributed by atoms with Crippen LogP contribution in [0.4, 0.5) is 29.6 Å². The topological polar surface area (TPSA) is 385 Å². The molecule has 32 heteroatoms. The summed E-state index contributed by atoms with van der Waals surface area (Å²) in [6.07, 6.45) is -14.9. The molecule has 356 valence electrons. The van der Waals surface area contributed by atoms with E-state index in [4.69, 9.17) is 39.5 Å². The quantitative estimate of drug-likeness (QED) is 0.0474. The molecule has 2 aliphatic heterocycles. The average Bonchev–Trinajstić information content (AvgIpc) is 3.86. The molecular weight excluding hydrogens is 915 g/mol. The Morgan fingerprint density at radius 1 is 1.02 bits per heavy atom. The molecule has 2 saturated heterocycles. The van der Waals surface area contributed by atoms with Gasteiger partial charge in [0.05, 0.1) is 19.5 Å². The van der Waals surface area contributed by atoms with Gasteiger partial charge in [0.15, 0.2) is 23.8 Å². The van der Waals surface area contributed by atoms with Crippen LogP contribution in [-0.2, 0) is 51.2 Å². The molecule has 3 aromatic heterocycles. The Bertz CT molecular complexity index is 2310. The molecule has 0 aromatic carbocycles. The van der Waals surface area contributed by atoms with Crippen molar-refractivity contribution in [3.8, 4) is 0 Å². The van der Waals surface area contributed by atoms with Gasteiger partial charge in [-0.2, -0.15) is 18.2 Å². The molecule has 0 saturated carbocycles. The summed E-state index contributed by atoms with van der Waals surface area (Å²) in [5.74, 6) is -3.64. The number of carbonyl (C=O) groups is 3. The monoisotopic (exact) mass is 960 g/mol. The Balaban J connectivity index is 1.36. The number of nitrogens with two attached hydrogens (primary N) is 2. The summed E-state index contributed by atoms with van der Waals surface area (Å²) in [7, 11) is -10.4. The van der Waals surface area contributed by atoms with E-state index in [1.807, 2.05) is 0 Å². The van der Waals surface area contributed by atoms with E-state index in [0.717, 1.165) is 17.2 Å². The highest BCUT2D eigenvalue weighted by Gasteiger charge is 2.50. The van der Waals surface area contributed by atoms with Gasteiger partial charge in [-0.15, -0.1) is 0 Å². The minimum absolute atomic E-state index is 0.0243. The van der Waals surface area contributed by atoms with Gasteiger partial charge in [0.25, 0.3) is 0 Å². The second-order valence-corrected chi connectivity index (χ2v) is 17.7. The third-order valence-corrected chi connectivity index (χ3v) is 10.6. The van der Waals surface area contributed by atoms with Gasteiger partial charge in [-0.25, -0.2) is 38.5 Å². The number of halogens is 3. The largest absolute Gasteiger partial charge is 0.472 e. The summed E-state index contributed by atoms with van der Waals surface area (Å²) in [5, 5.41) is 15.6. The molecule has 0 bridgehead atoms. The molecule has 9 atom stereocenters. The summed E-state index contributed by atoms with van der Waals surface area (Å²) >= 11 is 0. The number of aliphatic hydroxyl groups is 1. The molecule has 27 nitrogen and oxygen atoms in total. The van der Waals surface area contributed by atoms with E-state index in [0.29, 0.717) is 0 Å². The van der Waals surface area contributed by atoms with Crippen LogP contribution >= 0.6 is 15.6 Å². The van der Waals surface area contributed by atoms with Gasteiger partial charge in [0.1, 0.15) is 59.9 Å². The second kappa shape index (κ2) is 20.1. The standard InChI is InChI=1S/C32H45F3N10O17P2/c1-31(2,3)61-30(50)42-15(6-4-5-8-38-28(48)32(33,34)35)27(47)60-23-18(59-26(22(23)46)45-14-41-21-24(37)39-13-40-25(21)45)12-57-64(54,55)62-16-10-20(44-9-7-19(36)43-29(44)49)58-17(16)11-56-63(51,52)53/h7,9,13-18,20,22-23,26,46H,4-6,8,10-12H2,1-3H3,(H,38,48)(H,42,50)(H,54,55)(H2,36,43,49)(H2,37,39,40)(H2,51,52,53)/t15-,16+,17-,18+,20-,22-,23-,26-/m1/s1. The summed E-state index contributed by atoms with van der Waals surface area (Å²) in [5.41, 5.74) is 9.58. The Morgan fingerprint density at radius 3 is 2.38 bits per heavy atom. The zero-order valence-corrected chi connectivity index (χ0v) is 35.6. The Kier molecular flexibility index (Phi) is 15.8. The fourth-order valence-electron chi connectivity index (χ4n) is 6.29. The maximum atomic E-state index is 13.8. The number of phosphoric acid groups is 2. The van der Waals surface area contributed by atoms with Crippen molar-refractivity contribution < 1.29 is 89.0 Å². The number of hydrogen-bond donors (Lipinski definition) is 8. The molecule has 2 fully saturated rings. The number of alkyl halides is 3. The smallest absolute Gasteiger partial charge is 0.455 e. The highest BCUT2D eigenvalue weighted by Crippen LogP contribution is 2.50. The maximum Gasteiger partial charge on any atom is 0.472 e. The normalized spacial score (nSPS) is 24.2. The fraction of sp³-hybridized carbons (Fsp3) is 0.625. The van der Waals surface area contributed by atoms with Crippen LogP contribution in [0.3, 0.4) is 0 Å². The summed E-state index contributed by atoms with van der Waals surface area (Å²) in [6, 6.07) is -0.359. The number of aromatic nitrogens is 6. The summed E-state index contributed by atoms with van der Waals surface area (Å²) < 4.78 is 103. The molecule has 0 aliphatic carbocycles. The van der Waals surface area contributed by atoms with Crippen LogP contribution in [0.25, 0.3) is 11.2 Å². The molecule has 64 heavy (non-hydrogen) atoms. The van der Waals surface area contributed by atoms with Gasteiger partial charge in [-0.05, 0) is 46.1 Å². The second-order valence-electron chi connectivity index (χ2n) is 15.1. The first-order chi connectivity index (χ1) is 29.7. The first kappa shape index (κ1) is 50.1. The van der Waals surface area contributed by atoms with E-state index in [1.54, 1.807) is 5.32 Å². The fourth-order valence-corrected chi connectivity index (χ4v) is 7.59. The van der Waals surface area contributed by atoms with Gasteiger partial charge in [0.2, 0.25) is 0 Å². The molecule has 10 N–H and O–H groups in total. The number of fused-ring (bicyclic) bond motifs is 1. The molecule has 2 aliphatic rings. The van der Waals surface area contributed by atoms with Crippen molar-refractivity contribution in [1.82, 2.24) is 39.7 Å². The van der Waals surface area contributed by atoms with E-state index in [2.05, 4.69) is 29.8 Å². The first-order valence-corrected chi connectivity index (χ1v) is 21.9. The molecule has 5 rings (SSSR count). The number of ether oxygens (including phenoxy) is 4. The van der Waals surface area contributed by atoms with Crippen molar-refractivity contribution in [3.63, 3.8) is 0 Å². The number of unbranched alkanes of at least 4 members (excludes halogenated alkanes) is 1. The lowest BCUT2D eigenvalue weighted by molar-refractivity contribution is -0.173. The number of nitrogen functional groups attached to an aromatic ring is 2. The van der Waals surface area contributed by atoms with Crippen molar-refractivity contribution >= 4 is 56.4 Å². The molecule has 1 unspecified atom stereocenters. The van der Waals surface area contributed by atoms with Gasteiger partial charge in [0, 0.05) is 19.2 Å². The Morgan fingerprint density at radius 2 is 1.72 bits per heavy atom. The molecule has 5 heterocycles. The third kappa shape index (κ3) is 13.6. The SMILES string of the molecule is CC(C)(C)OC(=O)N[C@H](CCCCNC(=O)C(F)(F)F)C(=O)O[C@H]1[C@@H](O)[C@H](n2cnc3c(N)ncnc32)O[C@H]1COP(=O)(O)O[C@H]1C[C@H](n2ccc(N)nc2=O)O[C@@H]1COP(=O)(O)O. The van der Waals surface area contributed by atoms with E-state index >= 15 is 0 Å². The number of amides is 2. The number of carbonyl (C=O) groups excluding carboxylic acids is 3. The van der Waals surface area contributed by atoms with Gasteiger partial charge < -0.3 is 60.8 Å². The number of phosphoric ester groups is 2. The average molecular weight is 961 g/mol. The number of hydrogen-bond acceptors (Lipinski definition) is 20. The number of nitrogens with one attached hydrogen (secondary N) is 2. The molecule has 2 amide bonds. The zero-order valence-electron chi connectivity index (χ0n) is 33.8. The van der Waals surface area contributed by atoms with E-state index in [1.165, 1.54) is 37.6 Å². The lowest BCUT2D eigenvalue weighted by Crippen LogP contribution is -2.47.